The van der Waals surface area contributed by atoms with Gasteiger partial charge in [0.15, 0.2) is 6.10 Å². The Morgan fingerprint density at radius 2 is 0.641 bits per heavy atom. The number of carbonyl (C=O) groups is 3. The van der Waals surface area contributed by atoms with Crippen molar-refractivity contribution in [3.05, 3.63) is 146 Å². The van der Waals surface area contributed by atoms with Crippen LogP contribution in [0.3, 0.4) is 0 Å². The van der Waals surface area contributed by atoms with E-state index in [0.29, 0.717) is 19.3 Å². The summed E-state index contributed by atoms with van der Waals surface area (Å²) in [7, 11) is 0. The lowest BCUT2D eigenvalue weighted by molar-refractivity contribution is -0.166. The fourth-order valence-corrected chi connectivity index (χ4v) is 5.91. The SMILES string of the molecule is CC/C=C\C/C=C\C/C=C\C/C=C\C/C=C\C/C=C\CCC(=O)OCC(COC(=O)CCCCCCC/C=C\CCCC)OC(=O)CC/C=C\C/C=C\C/C=C\C/C=C\C/C=C\CC. The minimum Gasteiger partial charge on any atom is -0.462 e. The van der Waals surface area contributed by atoms with Crippen molar-refractivity contribution in [3.8, 4) is 0 Å². The van der Waals surface area contributed by atoms with Gasteiger partial charge in [-0.05, 0) is 109 Å². The van der Waals surface area contributed by atoms with Gasteiger partial charge in [-0.1, -0.05) is 199 Å². The van der Waals surface area contributed by atoms with Crippen LogP contribution in [0.1, 0.15) is 181 Å². The molecule has 356 valence electrons. The van der Waals surface area contributed by atoms with E-state index in [1.165, 1.54) is 19.3 Å². The van der Waals surface area contributed by atoms with Crippen molar-refractivity contribution in [1.82, 2.24) is 0 Å². The quantitative estimate of drug-likeness (QED) is 0.0263. The van der Waals surface area contributed by atoms with Gasteiger partial charge in [-0.2, -0.15) is 0 Å². The number of esters is 3. The molecule has 0 aliphatic carbocycles. The van der Waals surface area contributed by atoms with E-state index in [1.807, 2.05) is 24.3 Å². The van der Waals surface area contributed by atoms with Crippen molar-refractivity contribution in [1.29, 1.82) is 0 Å². The minimum atomic E-state index is -0.856. The van der Waals surface area contributed by atoms with Gasteiger partial charge in [0.05, 0.1) is 0 Å². The van der Waals surface area contributed by atoms with E-state index in [9.17, 15) is 14.4 Å². The first-order valence-electron chi connectivity index (χ1n) is 24.8. The second-order valence-electron chi connectivity index (χ2n) is 15.6. The number of allylic oxidation sites excluding steroid dienone is 24. The molecule has 1 atom stereocenters. The van der Waals surface area contributed by atoms with Crippen molar-refractivity contribution >= 4 is 17.9 Å². The average Bonchev–Trinajstić information content (AvgIpc) is 3.29. The van der Waals surface area contributed by atoms with Crippen LogP contribution in [0.15, 0.2) is 146 Å². The first-order valence-corrected chi connectivity index (χ1v) is 24.8. The minimum absolute atomic E-state index is 0.142. The van der Waals surface area contributed by atoms with Crippen molar-refractivity contribution < 1.29 is 28.6 Å². The molecule has 0 rings (SSSR count). The van der Waals surface area contributed by atoms with E-state index in [1.54, 1.807) is 0 Å². The van der Waals surface area contributed by atoms with Crippen LogP contribution in [0, 0.1) is 0 Å². The Kier molecular flexibility index (Phi) is 47.2. The van der Waals surface area contributed by atoms with Crippen LogP contribution in [0.5, 0.6) is 0 Å². The van der Waals surface area contributed by atoms with E-state index in [-0.39, 0.29) is 38.0 Å². The van der Waals surface area contributed by atoms with E-state index in [4.69, 9.17) is 14.2 Å². The highest BCUT2D eigenvalue weighted by Crippen LogP contribution is 2.10. The van der Waals surface area contributed by atoms with Gasteiger partial charge in [-0.15, -0.1) is 0 Å². The standard InChI is InChI=1S/C58H88O6/c1-4-7-10-13-16-19-22-24-26-28-29-30-32-33-36-39-42-45-48-51-57(60)63-54-55(53-62-56(59)50-47-44-41-38-35-21-18-15-12-9-6-3)64-58(61)52-49-46-43-40-37-34-31-27-25-23-20-17-14-11-8-5-2/h7-8,10-11,15-20,24-27,29-30,33-34,36-37,42-43,45-46,55H,4-6,9,12-14,21-23,28,31-32,35,38-41,44,47-54H2,1-3H3/b10-7-,11-8-,18-15-,19-16-,20-17-,26-24-,27-25-,30-29-,36-33-,37-34-,45-42-,46-43-. The molecule has 0 saturated heterocycles. The van der Waals surface area contributed by atoms with Crippen molar-refractivity contribution in [2.45, 2.75) is 187 Å². The van der Waals surface area contributed by atoms with Gasteiger partial charge in [0, 0.05) is 19.3 Å². The van der Waals surface area contributed by atoms with Crippen LogP contribution in [0.25, 0.3) is 0 Å². The van der Waals surface area contributed by atoms with Gasteiger partial charge in [0.25, 0.3) is 0 Å². The second-order valence-corrected chi connectivity index (χ2v) is 15.6. The predicted molar refractivity (Wildman–Crippen MR) is 274 cm³/mol. The molecule has 64 heavy (non-hydrogen) atoms. The molecule has 0 saturated carbocycles. The molecular formula is C58H88O6. The lowest BCUT2D eigenvalue weighted by Gasteiger charge is -2.18. The second kappa shape index (κ2) is 50.9. The van der Waals surface area contributed by atoms with Crippen LogP contribution in [-0.4, -0.2) is 37.2 Å². The van der Waals surface area contributed by atoms with Crippen LogP contribution in [-0.2, 0) is 28.6 Å². The molecule has 1 unspecified atom stereocenters. The molecule has 0 aliphatic heterocycles. The summed E-state index contributed by atoms with van der Waals surface area (Å²) in [6, 6.07) is 0. The van der Waals surface area contributed by atoms with Crippen LogP contribution in [0.4, 0.5) is 0 Å². The third-order valence-electron chi connectivity index (χ3n) is 9.59. The fourth-order valence-electron chi connectivity index (χ4n) is 5.91. The van der Waals surface area contributed by atoms with E-state index in [2.05, 4.69) is 142 Å². The summed E-state index contributed by atoms with van der Waals surface area (Å²) < 4.78 is 16.6. The van der Waals surface area contributed by atoms with Gasteiger partial charge in [0.1, 0.15) is 13.2 Å². The molecule has 0 aromatic rings. The predicted octanol–water partition coefficient (Wildman–Crippen LogP) is 16.5. The molecular weight excluding hydrogens is 793 g/mol. The third kappa shape index (κ3) is 48.3. The molecule has 0 heterocycles. The number of unbranched alkanes of at least 4 members (excludes halogenated alkanes) is 7. The first-order chi connectivity index (χ1) is 31.5. The van der Waals surface area contributed by atoms with E-state index >= 15 is 0 Å². The summed E-state index contributed by atoms with van der Waals surface area (Å²) in [6.07, 6.45) is 72.8. The van der Waals surface area contributed by atoms with E-state index in [0.717, 1.165) is 109 Å². The summed E-state index contributed by atoms with van der Waals surface area (Å²) >= 11 is 0. The zero-order chi connectivity index (χ0) is 46.5. The Balaban J connectivity index is 4.64. The highest BCUT2D eigenvalue weighted by atomic mass is 16.6. The molecule has 0 amide bonds. The molecule has 0 spiro atoms. The van der Waals surface area contributed by atoms with E-state index < -0.39 is 12.1 Å². The molecule has 0 fully saturated rings. The third-order valence-corrected chi connectivity index (χ3v) is 9.59. The molecule has 6 nitrogen and oxygen atoms in total. The molecule has 0 bridgehead atoms. The lowest BCUT2D eigenvalue weighted by Crippen LogP contribution is -2.30. The molecule has 0 aliphatic rings. The normalized spacial score (nSPS) is 13.4. The van der Waals surface area contributed by atoms with Crippen molar-refractivity contribution in [3.63, 3.8) is 0 Å². The van der Waals surface area contributed by atoms with Crippen LogP contribution >= 0.6 is 0 Å². The topological polar surface area (TPSA) is 78.9 Å². The van der Waals surface area contributed by atoms with Crippen LogP contribution < -0.4 is 0 Å². The lowest BCUT2D eigenvalue weighted by atomic mass is 10.1. The fraction of sp³-hybridized carbons (Fsp3) is 0.534. The Bertz CT molecular complexity index is 1480. The molecule has 0 aromatic heterocycles. The summed E-state index contributed by atoms with van der Waals surface area (Å²) in [4.78, 5) is 37.8. The summed E-state index contributed by atoms with van der Waals surface area (Å²) in [5, 5.41) is 0. The summed E-state index contributed by atoms with van der Waals surface area (Å²) in [5.41, 5.74) is 0. The maximum absolute atomic E-state index is 12.7. The number of carbonyl (C=O) groups excluding carboxylic acids is 3. The Labute approximate surface area is 391 Å². The first kappa shape index (κ1) is 59.3. The summed E-state index contributed by atoms with van der Waals surface area (Å²) in [5.74, 6) is -1.14. The number of hydrogen-bond donors (Lipinski definition) is 0. The highest BCUT2D eigenvalue weighted by molar-refractivity contribution is 5.71. The monoisotopic (exact) mass is 881 g/mol. The zero-order valence-electron chi connectivity index (χ0n) is 40.5. The van der Waals surface area contributed by atoms with Crippen molar-refractivity contribution in [2.24, 2.45) is 0 Å². The number of rotatable bonds is 42. The van der Waals surface area contributed by atoms with Crippen LogP contribution in [0.2, 0.25) is 0 Å². The maximum atomic E-state index is 12.7. The number of ether oxygens (including phenoxy) is 3. The largest absolute Gasteiger partial charge is 0.462 e. The molecule has 0 aromatic carbocycles. The molecule has 6 heteroatoms. The summed E-state index contributed by atoms with van der Waals surface area (Å²) in [6.45, 7) is 6.20. The Morgan fingerprint density at radius 3 is 1.05 bits per heavy atom. The average molecular weight is 881 g/mol. The van der Waals surface area contributed by atoms with Crippen molar-refractivity contribution in [2.75, 3.05) is 13.2 Å². The van der Waals surface area contributed by atoms with Gasteiger partial charge in [0.2, 0.25) is 0 Å². The van der Waals surface area contributed by atoms with Gasteiger partial charge < -0.3 is 14.2 Å². The highest BCUT2D eigenvalue weighted by Gasteiger charge is 2.19. The maximum Gasteiger partial charge on any atom is 0.306 e. The Morgan fingerprint density at radius 1 is 0.328 bits per heavy atom. The Hall–Kier alpha value is -4.71. The van der Waals surface area contributed by atoms with Gasteiger partial charge >= 0.3 is 17.9 Å². The molecule has 0 radical (unpaired) electrons. The van der Waals surface area contributed by atoms with Gasteiger partial charge in [-0.25, -0.2) is 0 Å². The zero-order valence-corrected chi connectivity index (χ0v) is 40.5. The smallest absolute Gasteiger partial charge is 0.306 e. The number of hydrogen-bond acceptors (Lipinski definition) is 6. The van der Waals surface area contributed by atoms with Gasteiger partial charge in [-0.3, -0.25) is 14.4 Å². The molecule has 0 N–H and O–H groups in total.